The minimum Gasteiger partial charge on any atom is -0.396 e. The summed E-state index contributed by atoms with van der Waals surface area (Å²) < 4.78 is 0. The second kappa shape index (κ2) is 5.32. The lowest BCUT2D eigenvalue weighted by atomic mass is 9.45. The van der Waals surface area contributed by atoms with Crippen LogP contribution in [0.4, 0.5) is 0 Å². The van der Waals surface area contributed by atoms with Crippen molar-refractivity contribution in [1.29, 1.82) is 0 Å². The second-order valence-electron chi connectivity index (χ2n) is 9.09. The highest BCUT2D eigenvalue weighted by molar-refractivity contribution is 5.24. The van der Waals surface area contributed by atoms with Gasteiger partial charge in [-0.2, -0.15) is 0 Å². The fraction of sp³-hybridized carbons (Fsp3) is 0.895. The van der Waals surface area contributed by atoms with Gasteiger partial charge >= 0.3 is 0 Å². The van der Waals surface area contributed by atoms with E-state index in [0.717, 1.165) is 38.5 Å². The summed E-state index contributed by atoms with van der Waals surface area (Å²) in [6.45, 7) is 7.05. The van der Waals surface area contributed by atoms with Gasteiger partial charge in [0.15, 0.2) is 0 Å². The third-order valence-corrected chi connectivity index (χ3v) is 7.24. The Balaban J connectivity index is 1.97. The van der Waals surface area contributed by atoms with Crippen molar-refractivity contribution < 1.29 is 15.3 Å². The van der Waals surface area contributed by atoms with E-state index in [4.69, 9.17) is 0 Å². The quantitative estimate of drug-likeness (QED) is 0.687. The third-order valence-electron chi connectivity index (χ3n) is 7.24. The first-order valence-electron chi connectivity index (χ1n) is 8.88. The monoisotopic (exact) mass is 308 g/mol. The average molecular weight is 308 g/mol. The summed E-state index contributed by atoms with van der Waals surface area (Å²) in [5, 5.41) is 30.1. The maximum absolute atomic E-state index is 10.4. The minimum absolute atomic E-state index is 0.0669. The zero-order valence-electron chi connectivity index (χ0n) is 14.3. The molecule has 3 aliphatic rings. The Kier molecular flexibility index (Phi) is 3.99. The molecule has 0 aliphatic heterocycles. The van der Waals surface area contributed by atoms with Crippen molar-refractivity contribution in [3.63, 3.8) is 0 Å². The number of fused-ring (bicyclic) bond motifs is 3. The summed E-state index contributed by atoms with van der Waals surface area (Å²) in [5.74, 6) is 0.987. The van der Waals surface area contributed by atoms with Crippen LogP contribution in [0.2, 0.25) is 0 Å². The van der Waals surface area contributed by atoms with Crippen LogP contribution in [-0.2, 0) is 0 Å². The average Bonchev–Trinajstić information content (AvgIpc) is 2.45. The van der Waals surface area contributed by atoms with E-state index >= 15 is 0 Å². The van der Waals surface area contributed by atoms with Gasteiger partial charge < -0.3 is 15.3 Å². The van der Waals surface area contributed by atoms with Crippen LogP contribution < -0.4 is 0 Å². The number of aliphatic hydroxyl groups excluding tert-OH is 3. The van der Waals surface area contributed by atoms with E-state index < -0.39 is 0 Å². The molecule has 3 heteroatoms. The van der Waals surface area contributed by atoms with E-state index in [0.29, 0.717) is 11.8 Å². The van der Waals surface area contributed by atoms with Crippen molar-refractivity contribution in [2.75, 3.05) is 13.2 Å². The van der Waals surface area contributed by atoms with Crippen LogP contribution in [0.3, 0.4) is 0 Å². The normalized spacial score (nSPS) is 51.7. The number of aliphatic hydroxyl groups is 3. The van der Waals surface area contributed by atoms with Gasteiger partial charge in [-0.25, -0.2) is 0 Å². The van der Waals surface area contributed by atoms with Crippen molar-refractivity contribution in [2.24, 2.45) is 28.1 Å². The standard InChI is InChI=1S/C19H32O3/c1-17(11-20)7-6-15-13(8-17)4-5-16-18(2,12-21)9-14(22)10-19(15,16)3/h8,14-16,20-22H,4-7,9-12H2,1-3H3/t14-,15-,16-,17+,18+,19+/m1/s1. The molecule has 0 saturated heterocycles. The molecule has 22 heavy (non-hydrogen) atoms. The topological polar surface area (TPSA) is 60.7 Å². The summed E-state index contributed by atoms with van der Waals surface area (Å²) in [7, 11) is 0. The van der Waals surface area contributed by atoms with E-state index in [1.165, 1.54) is 5.57 Å². The SMILES string of the molecule is C[C@@]1(CO)C=C2CC[C@@H]3[C@](C)(CO)C[C@@H](O)C[C@@]3(C)[C@@H]2CC1. The van der Waals surface area contributed by atoms with Crippen LogP contribution >= 0.6 is 0 Å². The summed E-state index contributed by atoms with van der Waals surface area (Å²) >= 11 is 0. The Labute approximate surface area is 134 Å². The van der Waals surface area contributed by atoms with Crippen LogP contribution in [0.25, 0.3) is 0 Å². The van der Waals surface area contributed by atoms with Crippen LogP contribution in [0.5, 0.6) is 0 Å². The molecule has 126 valence electrons. The van der Waals surface area contributed by atoms with Crippen molar-refractivity contribution in [3.8, 4) is 0 Å². The van der Waals surface area contributed by atoms with Gasteiger partial charge in [0.2, 0.25) is 0 Å². The van der Waals surface area contributed by atoms with Crippen molar-refractivity contribution >= 4 is 0 Å². The molecule has 0 heterocycles. The van der Waals surface area contributed by atoms with E-state index in [1.54, 1.807) is 0 Å². The fourth-order valence-electron chi connectivity index (χ4n) is 6.15. The Morgan fingerprint density at radius 3 is 2.45 bits per heavy atom. The van der Waals surface area contributed by atoms with E-state index in [1.807, 2.05) is 0 Å². The lowest BCUT2D eigenvalue weighted by Crippen LogP contribution is -2.56. The van der Waals surface area contributed by atoms with Crippen molar-refractivity contribution in [3.05, 3.63) is 11.6 Å². The Morgan fingerprint density at radius 2 is 1.82 bits per heavy atom. The highest BCUT2D eigenvalue weighted by atomic mass is 16.3. The van der Waals surface area contributed by atoms with Crippen LogP contribution in [0.15, 0.2) is 11.6 Å². The molecule has 3 N–H and O–H groups in total. The maximum Gasteiger partial charge on any atom is 0.0552 e. The molecular weight excluding hydrogens is 276 g/mol. The summed E-state index contributed by atoms with van der Waals surface area (Å²) in [4.78, 5) is 0. The van der Waals surface area contributed by atoms with Crippen LogP contribution in [0, 0.1) is 28.1 Å². The fourth-order valence-corrected chi connectivity index (χ4v) is 6.15. The Hall–Kier alpha value is -0.380. The molecular formula is C19H32O3. The summed E-state index contributed by atoms with van der Waals surface area (Å²) in [5.41, 5.74) is 1.35. The minimum atomic E-state index is -0.302. The molecule has 0 aromatic rings. The van der Waals surface area contributed by atoms with Crippen molar-refractivity contribution in [1.82, 2.24) is 0 Å². The van der Waals surface area contributed by atoms with Gasteiger partial charge in [0.05, 0.1) is 12.7 Å². The lowest BCUT2D eigenvalue weighted by molar-refractivity contribution is -0.132. The first kappa shape index (κ1) is 16.5. The molecule has 0 aromatic carbocycles. The molecule has 0 spiro atoms. The number of hydrogen-bond acceptors (Lipinski definition) is 3. The van der Waals surface area contributed by atoms with Crippen molar-refractivity contribution in [2.45, 2.75) is 65.4 Å². The predicted octanol–water partition coefficient (Wildman–Crippen LogP) is 2.89. The van der Waals surface area contributed by atoms with Gasteiger partial charge in [0.1, 0.15) is 0 Å². The highest BCUT2D eigenvalue weighted by Crippen LogP contribution is 2.63. The van der Waals surface area contributed by atoms with E-state index in [2.05, 4.69) is 26.8 Å². The maximum atomic E-state index is 10.4. The molecule has 2 saturated carbocycles. The number of hydrogen-bond donors (Lipinski definition) is 3. The molecule has 6 atom stereocenters. The number of rotatable bonds is 2. The molecule has 3 nitrogen and oxygen atoms in total. The van der Waals surface area contributed by atoms with Gasteiger partial charge in [0, 0.05) is 12.0 Å². The van der Waals surface area contributed by atoms with Gasteiger partial charge in [-0.1, -0.05) is 32.4 Å². The predicted molar refractivity (Wildman–Crippen MR) is 87.3 cm³/mol. The molecule has 0 aromatic heterocycles. The van der Waals surface area contributed by atoms with Gasteiger partial charge in [-0.05, 0) is 61.2 Å². The van der Waals surface area contributed by atoms with Gasteiger partial charge in [0.25, 0.3) is 0 Å². The smallest absolute Gasteiger partial charge is 0.0552 e. The zero-order valence-corrected chi connectivity index (χ0v) is 14.3. The molecule has 3 rings (SSSR count). The van der Waals surface area contributed by atoms with Gasteiger partial charge in [-0.3, -0.25) is 0 Å². The zero-order chi connectivity index (χ0) is 16.2. The summed E-state index contributed by atoms with van der Waals surface area (Å²) in [6.07, 6.45) is 7.92. The van der Waals surface area contributed by atoms with Crippen LogP contribution in [-0.4, -0.2) is 34.6 Å². The van der Waals surface area contributed by atoms with Gasteiger partial charge in [-0.15, -0.1) is 0 Å². The molecule has 3 aliphatic carbocycles. The number of allylic oxidation sites excluding steroid dienone is 1. The largest absolute Gasteiger partial charge is 0.396 e. The Morgan fingerprint density at radius 1 is 1.09 bits per heavy atom. The third kappa shape index (κ3) is 2.37. The van der Waals surface area contributed by atoms with E-state index in [9.17, 15) is 15.3 Å². The molecule has 0 unspecified atom stereocenters. The molecule has 0 bridgehead atoms. The Bertz CT molecular complexity index is 473. The van der Waals surface area contributed by atoms with Crippen LogP contribution in [0.1, 0.15) is 59.3 Å². The molecule has 2 fully saturated rings. The highest BCUT2D eigenvalue weighted by Gasteiger charge is 2.57. The first-order chi connectivity index (χ1) is 10.3. The second-order valence-corrected chi connectivity index (χ2v) is 9.09. The molecule has 0 radical (unpaired) electrons. The summed E-state index contributed by atoms with van der Waals surface area (Å²) in [6, 6.07) is 0. The first-order valence-corrected chi connectivity index (χ1v) is 8.88. The van der Waals surface area contributed by atoms with E-state index in [-0.39, 0.29) is 35.6 Å². The lowest BCUT2D eigenvalue weighted by Gasteiger charge is -2.61. The molecule has 0 amide bonds.